The van der Waals surface area contributed by atoms with Gasteiger partial charge in [0, 0.05) is 0 Å². The fourth-order valence-corrected chi connectivity index (χ4v) is 0.550. The largest absolute Gasteiger partial charge is 0.338 e. The number of carbonyl (C=O) groups excluding carboxylic acids is 1. The van der Waals surface area contributed by atoms with Crippen LogP contribution in [0.2, 0.25) is 0 Å². The van der Waals surface area contributed by atoms with Crippen molar-refractivity contribution in [3.63, 3.8) is 0 Å². The van der Waals surface area contributed by atoms with Crippen molar-refractivity contribution in [1.29, 1.82) is 0 Å². The lowest BCUT2D eigenvalue weighted by atomic mass is 10.5. The number of rotatable bonds is 2. The minimum Gasteiger partial charge on any atom is -0.338 e. The van der Waals surface area contributed by atoms with Crippen LogP contribution < -0.4 is 5.32 Å². The summed E-state index contributed by atoms with van der Waals surface area (Å²) in [5.41, 5.74) is 0. The van der Waals surface area contributed by atoms with E-state index in [1.165, 1.54) is 0 Å². The number of tetrazole rings is 1. The Morgan fingerprint density at radius 1 is 1.75 bits per heavy atom. The molecule has 0 aliphatic heterocycles. The Balaban J connectivity index is 2.43. The van der Waals surface area contributed by atoms with Gasteiger partial charge < -0.3 is 5.32 Å². The number of hydrogen-bond donors (Lipinski definition) is 2. The lowest BCUT2D eigenvalue weighted by molar-refractivity contribution is 0.0948. The van der Waals surface area contributed by atoms with Crippen LogP contribution in [0.1, 0.15) is 17.5 Å². The molecule has 1 amide bonds. The molecule has 0 spiro atoms. The third kappa shape index (κ3) is 2.05. The molecule has 6 heteroatoms. The second-order valence-corrected chi connectivity index (χ2v) is 1.84. The van der Waals surface area contributed by atoms with Crippen molar-refractivity contribution in [3.05, 3.63) is 5.82 Å². The van der Waals surface area contributed by atoms with Crippen LogP contribution in [0.3, 0.4) is 0 Å². The molecule has 0 aliphatic rings. The highest BCUT2D eigenvalue weighted by atomic mass is 16.2. The second-order valence-electron chi connectivity index (χ2n) is 1.84. The van der Waals surface area contributed by atoms with Crippen LogP contribution >= 0.6 is 0 Å². The third-order valence-corrected chi connectivity index (χ3v) is 1.06. The van der Waals surface area contributed by atoms with Crippen LogP contribution in [0.15, 0.2) is 0 Å². The van der Waals surface area contributed by atoms with E-state index in [9.17, 15) is 4.79 Å². The van der Waals surface area contributed by atoms with Crippen molar-refractivity contribution in [2.75, 3.05) is 6.54 Å². The predicted octanol–water partition coefficient (Wildman–Crippen LogP) is -1.05. The monoisotopic (exact) mass is 165 g/mol. The average Bonchev–Trinajstić information content (AvgIpc) is 2.56. The van der Waals surface area contributed by atoms with Crippen LogP contribution in [0.4, 0.5) is 0 Å². The first-order chi connectivity index (χ1) is 5.84. The van der Waals surface area contributed by atoms with Crippen molar-refractivity contribution < 1.29 is 4.79 Å². The molecular weight excluding hydrogens is 158 g/mol. The first kappa shape index (κ1) is 8.20. The van der Waals surface area contributed by atoms with E-state index in [1.54, 1.807) is 6.92 Å². The summed E-state index contributed by atoms with van der Waals surface area (Å²) in [7, 11) is 0. The third-order valence-electron chi connectivity index (χ3n) is 1.06. The molecule has 12 heavy (non-hydrogen) atoms. The molecule has 1 rings (SSSR count). The molecule has 0 saturated carbocycles. The van der Waals surface area contributed by atoms with Gasteiger partial charge >= 0.3 is 0 Å². The van der Waals surface area contributed by atoms with Gasteiger partial charge in [0.1, 0.15) is 0 Å². The molecule has 0 fully saturated rings. The average molecular weight is 165 g/mol. The van der Waals surface area contributed by atoms with Crippen molar-refractivity contribution in [3.8, 4) is 11.8 Å². The van der Waals surface area contributed by atoms with Gasteiger partial charge in [0.15, 0.2) is 0 Å². The van der Waals surface area contributed by atoms with Crippen molar-refractivity contribution >= 4 is 5.91 Å². The Morgan fingerprint density at radius 3 is 3.17 bits per heavy atom. The van der Waals surface area contributed by atoms with Crippen LogP contribution in [0.5, 0.6) is 0 Å². The molecule has 0 atom stereocenters. The maximum atomic E-state index is 11.0. The van der Waals surface area contributed by atoms with Gasteiger partial charge in [-0.15, -0.1) is 16.1 Å². The highest BCUT2D eigenvalue weighted by Crippen LogP contribution is 1.80. The summed E-state index contributed by atoms with van der Waals surface area (Å²) in [6.07, 6.45) is 0. The summed E-state index contributed by atoms with van der Waals surface area (Å²) < 4.78 is 0. The lowest BCUT2D eigenvalue weighted by Crippen LogP contribution is -2.24. The normalized spacial score (nSPS) is 8.42. The van der Waals surface area contributed by atoms with Crippen LogP contribution in [0.25, 0.3) is 0 Å². The fourth-order valence-electron chi connectivity index (χ4n) is 0.550. The number of aromatic nitrogens is 4. The summed E-state index contributed by atoms with van der Waals surface area (Å²) >= 11 is 0. The van der Waals surface area contributed by atoms with Gasteiger partial charge in [0.05, 0.1) is 6.54 Å². The van der Waals surface area contributed by atoms with E-state index in [0.29, 0.717) is 6.54 Å². The van der Waals surface area contributed by atoms with Crippen molar-refractivity contribution in [1.82, 2.24) is 25.9 Å². The minimum absolute atomic E-state index is 0.0212. The topological polar surface area (TPSA) is 83.6 Å². The number of H-pyrrole nitrogens is 1. The molecule has 2 N–H and O–H groups in total. The standard InChI is InChI=1S/C6H7N5O/c1-2-3-4-7-6(12)5-8-10-11-9-5/h4H2,1H3,(H,7,12)(H,8,9,10,11). The number of nitrogens with one attached hydrogen (secondary N) is 2. The zero-order chi connectivity index (χ0) is 8.81. The van der Waals surface area contributed by atoms with Gasteiger partial charge in [-0.3, -0.25) is 4.79 Å². The Morgan fingerprint density at radius 2 is 2.58 bits per heavy atom. The molecular formula is C6H7N5O. The lowest BCUT2D eigenvalue weighted by Gasteiger charge is -1.92. The smallest absolute Gasteiger partial charge is 0.293 e. The van der Waals surface area contributed by atoms with Crippen LogP contribution in [0, 0.1) is 11.8 Å². The number of hydrogen-bond acceptors (Lipinski definition) is 4. The fraction of sp³-hybridized carbons (Fsp3) is 0.333. The Labute approximate surface area is 68.7 Å². The first-order valence-electron chi connectivity index (χ1n) is 3.26. The van der Waals surface area contributed by atoms with E-state index in [4.69, 9.17) is 0 Å². The first-order valence-corrected chi connectivity index (χ1v) is 3.26. The van der Waals surface area contributed by atoms with Crippen LogP contribution in [-0.4, -0.2) is 33.1 Å². The molecule has 0 saturated heterocycles. The quantitative estimate of drug-likeness (QED) is 0.548. The van der Waals surface area contributed by atoms with E-state index in [0.717, 1.165) is 0 Å². The van der Waals surface area contributed by atoms with Gasteiger partial charge in [-0.25, -0.2) is 0 Å². The van der Waals surface area contributed by atoms with E-state index in [2.05, 4.69) is 37.8 Å². The number of nitrogens with zero attached hydrogens (tertiary/aromatic N) is 3. The number of amides is 1. The van der Waals surface area contributed by atoms with Gasteiger partial charge in [-0.1, -0.05) is 5.92 Å². The molecule has 0 unspecified atom stereocenters. The molecule has 0 bridgehead atoms. The number of aromatic amines is 1. The Bertz CT molecular complexity index is 306. The Hall–Kier alpha value is -1.90. The van der Waals surface area contributed by atoms with E-state index in [-0.39, 0.29) is 11.7 Å². The SMILES string of the molecule is CC#CCNC(=O)c1nn[nH]n1. The predicted molar refractivity (Wildman–Crippen MR) is 40.0 cm³/mol. The van der Waals surface area contributed by atoms with Gasteiger partial charge in [0.2, 0.25) is 0 Å². The summed E-state index contributed by atoms with van der Waals surface area (Å²) in [5.74, 6) is 4.95. The number of carbonyl (C=O) groups is 1. The van der Waals surface area contributed by atoms with Crippen molar-refractivity contribution in [2.45, 2.75) is 6.92 Å². The van der Waals surface area contributed by atoms with E-state index >= 15 is 0 Å². The molecule has 0 aromatic carbocycles. The minimum atomic E-state index is -0.383. The second kappa shape index (κ2) is 4.08. The molecule has 6 nitrogen and oxygen atoms in total. The van der Waals surface area contributed by atoms with E-state index < -0.39 is 0 Å². The Kier molecular flexibility index (Phi) is 2.79. The highest BCUT2D eigenvalue weighted by molar-refractivity contribution is 5.90. The van der Waals surface area contributed by atoms with E-state index in [1.807, 2.05) is 0 Å². The highest BCUT2D eigenvalue weighted by Gasteiger charge is 2.07. The molecule has 0 radical (unpaired) electrons. The van der Waals surface area contributed by atoms with Crippen LogP contribution in [-0.2, 0) is 0 Å². The maximum Gasteiger partial charge on any atom is 0.293 e. The zero-order valence-corrected chi connectivity index (χ0v) is 6.46. The molecule has 0 aliphatic carbocycles. The zero-order valence-electron chi connectivity index (χ0n) is 6.46. The summed E-state index contributed by atoms with van der Waals surface area (Å²) in [5, 5.41) is 14.9. The summed E-state index contributed by atoms with van der Waals surface area (Å²) in [6.45, 7) is 1.99. The van der Waals surface area contributed by atoms with Gasteiger partial charge in [-0.2, -0.15) is 5.21 Å². The maximum absolute atomic E-state index is 11.0. The molecule has 1 aromatic heterocycles. The van der Waals surface area contributed by atoms with Gasteiger partial charge in [0.25, 0.3) is 11.7 Å². The molecule has 62 valence electrons. The summed E-state index contributed by atoms with van der Waals surface area (Å²) in [4.78, 5) is 11.0. The molecule has 1 heterocycles. The summed E-state index contributed by atoms with van der Waals surface area (Å²) in [6, 6.07) is 0. The van der Waals surface area contributed by atoms with Gasteiger partial charge in [-0.05, 0) is 12.1 Å². The van der Waals surface area contributed by atoms with Crippen molar-refractivity contribution in [2.24, 2.45) is 0 Å². The molecule has 1 aromatic rings.